The second-order valence-corrected chi connectivity index (χ2v) is 7.71. The van der Waals surface area contributed by atoms with Crippen molar-refractivity contribution in [3.63, 3.8) is 0 Å². The van der Waals surface area contributed by atoms with Crippen LogP contribution in [0.5, 0.6) is 0 Å². The summed E-state index contributed by atoms with van der Waals surface area (Å²) < 4.78 is 0. The zero-order valence-electron chi connectivity index (χ0n) is 13.7. The third-order valence-corrected chi connectivity index (χ3v) is 5.64. The molecule has 1 heterocycles. The van der Waals surface area contributed by atoms with Gasteiger partial charge in [0.05, 0.1) is 11.2 Å². The van der Waals surface area contributed by atoms with Gasteiger partial charge in [0.25, 0.3) is 0 Å². The molecule has 1 saturated carbocycles. The van der Waals surface area contributed by atoms with Crippen molar-refractivity contribution in [3.05, 3.63) is 16.1 Å². The predicted molar refractivity (Wildman–Crippen MR) is 88.4 cm³/mol. The molecule has 1 aromatic heterocycles. The fourth-order valence-corrected chi connectivity index (χ4v) is 4.86. The number of hydrogen-bond donors (Lipinski definition) is 1. The van der Waals surface area contributed by atoms with E-state index < -0.39 is 0 Å². The van der Waals surface area contributed by atoms with Gasteiger partial charge in [0.2, 0.25) is 0 Å². The van der Waals surface area contributed by atoms with Crippen LogP contribution in [0.15, 0.2) is 5.38 Å². The highest BCUT2D eigenvalue weighted by atomic mass is 32.1. The molecule has 0 amide bonds. The van der Waals surface area contributed by atoms with E-state index in [0.717, 1.165) is 5.92 Å². The first kappa shape index (κ1) is 16.0. The molecule has 2 nitrogen and oxygen atoms in total. The normalized spacial score (nSPS) is 27.4. The van der Waals surface area contributed by atoms with Gasteiger partial charge < -0.3 is 5.32 Å². The molecular formula is C17H30N2S. The Hall–Kier alpha value is -0.410. The minimum atomic E-state index is 0.124. The molecule has 1 aliphatic rings. The monoisotopic (exact) mass is 294 g/mol. The van der Waals surface area contributed by atoms with Gasteiger partial charge >= 0.3 is 0 Å². The molecule has 1 aliphatic carbocycles. The maximum Gasteiger partial charge on any atom is 0.113 e. The summed E-state index contributed by atoms with van der Waals surface area (Å²) in [6, 6.07) is 0.508. The van der Waals surface area contributed by atoms with E-state index in [1.807, 2.05) is 11.3 Å². The summed E-state index contributed by atoms with van der Waals surface area (Å²) in [4.78, 5) is 5.01. The largest absolute Gasteiger partial charge is 0.303 e. The van der Waals surface area contributed by atoms with Crippen LogP contribution < -0.4 is 5.32 Å². The minimum Gasteiger partial charge on any atom is -0.303 e. The second-order valence-electron chi connectivity index (χ2n) is 6.85. The van der Waals surface area contributed by atoms with Gasteiger partial charge in [0.15, 0.2) is 0 Å². The quantitative estimate of drug-likeness (QED) is 0.821. The molecule has 0 spiro atoms. The fraction of sp³-hybridized carbons (Fsp3) is 0.824. The lowest BCUT2D eigenvalue weighted by atomic mass is 9.71. The average molecular weight is 295 g/mol. The van der Waals surface area contributed by atoms with Crippen molar-refractivity contribution in [2.75, 3.05) is 0 Å². The van der Waals surface area contributed by atoms with Crippen molar-refractivity contribution in [1.29, 1.82) is 0 Å². The number of nitrogens with zero attached hydrogens (tertiary/aromatic N) is 1. The van der Waals surface area contributed by atoms with Gasteiger partial charge in [-0.05, 0) is 38.5 Å². The molecule has 0 aromatic carbocycles. The van der Waals surface area contributed by atoms with Gasteiger partial charge in [-0.3, -0.25) is 0 Å². The van der Waals surface area contributed by atoms with Crippen LogP contribution in [-0.2, 0) is 5.54 Å². The van der Waals surface area contributed by atoms with Gasteiger partial charge in [-0.15, -0.1) is 11.3 Å². The van der Waals surface area contributed by atoms with Gasteiger partial charge in [-0.25, -0.2) is 4.98 Å². The Balaban J connectivity index is 2.38. The van der Waals surface area contributed by atoms with Crippen molar-refractivity contribution in [1.82, 2.24) is 10.3 Å². The van der Waals surface area contributed by atoms with Gasteiger partial charge in [0.1, 0.15) is 5.01 Å². The number of thiazole rings is 1. The molecule has 20 heavy (non-hydrogen) atoms. The summed E-state index contributed by atoms with van der Waals surface area (Å²) in [5.74, 6) is 1.25. The summed E-state index contributed by atoms with van der Waals surface area (Å²) in [5.41, 5.74) is 1.38. The van der Waals surface area contributed by atoms with Crippen LogP contribution in [0.1, 0.15) is 83.3 Å². The highest BCUT2D eigenvalue weighted by molar-refractivity contribution is 7.09. The highest BCUT2D eigenvalue weighted by Gasteiger charge is 2.43. The van der Waals surface area contributed by atoms with E-state index in [-0.39, 0.29) is 5.54 Å². The molecule has 1 aromatic rings. The fourth-order valence-electron chi connectivity index (χ4n) is 3.60. The van der Waals surface area contributed by atoms with Gasteiger partial charge in [0, 0.05) is 11.4 Å². The molecule has 0 aliphatic heterocycles. The van der Waals surface area contributed by atoms with Gasteiger partial charge in [-0.1, -0.05) is 40.0 Å². The number of nitrogens with one attached hydrogen (secondary N) is 1. The Morgan fingerprint density at radius 3 is 2.65 bits per heavy atom. The molecule has 0 saturated heterocycles. The van der Waals surface area contributed by atoms with Crippen molar-refractivity contribution in [3.8, 4) is 0 Å². The third kappa shape index (κ3) is 3.09. The first-order valence-electron chi connectivity index (χ1n) is 8.23. The van der Waals surface area contributed by atoms with E-state index in [1.54, 1.807) is 0 Å². The molecule has 2 unspecified atom stereocenters. The van der Waals surface area contributed by atoms with Crippen LogP contribution in [0.2, 0.25) is 0 Å². The average Bonchev–Trinajstić information content (AvgIpc) is 2.88. The molecule has 2 rings (SSSR count). The Kier molecular flexibility index (Phi) is 5.25. The van der Waals surface area contributed by atoms with Crippen LogP contribution in [-0.4, -0.2) is 11.0 Å². The minimum absolute atomic E-state index is 0.124. The van der Waals surface area contributed by atoms with Crippen LogP contribution in [0.25, 0.3) is 0 Å². The zero-order chi connectivity index (χ0) is 14.8. The molecule has 1 N–H and O–H groups in total. The molecular weight excluding hydrogens is 264 g/mol. The number of rotatable bonds is 5. The topological polar surface area (TPSA) is 24.9 Å². The van der Waals surface area contributed by atoms with E-state index in [4.69, 9.17) is 4.98 Å². The van der Waals surface area contributed by atoms with E-state index >= 15 is 0 Å². The van der Waals surface area contributed by atoms with E-state index in [9.17, 15) is 0 Å². The summed E-state index contributed by atoms with van der Waals surface area (Å²) in [6.07, 6.45) is 6.53. The Morgan fingerprint density at radius 1 is 1.35 bits per heavy atom. The number of aromatic nitrogens is 1. The van der Waals surface area contributed by atoms with Crippen LogP contribution in [0.4, 0.5) is 0 Å². The van der Waals surface area contributed by atoms with Crippen molar-refractivity contribution in [2.24, 2.45) is 5.92 Å². The third-order valence-electron chi connectivity index (χ3n) is 4.60. The number of hydrogen-bond acceptors (Lipinski definition) is 3. The van der Waals surface area contributed by atoms with Crippen molar-refractivity contribution < 1.29 is 0 Å². The summed E-state index contributed by atoms with van der Waals surface area (Å²) in [6.45, 7) is 11.3. The Morgan fingerprint density at radius 2 is 2.10 bits per heavy atom. The Bertz CT molecular complexity index is 424. The molecule has 0 radical (unpaired) electrons. The van der Waals surface area contributed by atoms with E-state index in [0.29, 0.717) is 12.0 Å². The molecule has 3 heteroatoms. The summed E-state index contributed by atoms with van der Waals surface area (Å²) in [7, 11) is 0. The molecule has 114 valence electrons. The lowest BCUT2D eigenvalue weighted by molar-refractivity contribution is 0.124. The maximum atomic E-state index is 5.01. The maximum absolute atomic E-state index is 5.01. The standard InChI is InChI=1S/C17H30N2S/c1-6-14-9-7-8-10-17(14,19-13(4)5)16-18-15(11-20-16)12(2)3/h11-14,19H,6-10H2,1-5H3. The SMILES string of the molecule is CCC1CCCCC1(NC(C)C)c1nc(C(C)C)cs1. The van der Waals surface area contributed by atoms with Gasteiger partial charge in [-0.2, -0.15) is 0 Å². The summed E-state index contributed by atoms with van der Waals surface area (Å²) in [5, 5.41) is 7.52. The van der Waals surface area contributed by atoms with Crippen molar-refractivity contribution in [2.45, 2.75) is 84.2 Å². The van der Waals surface area contributed by atoms with Crippen LogP contribution >= 0.6 is 11.3 Å². The first-order valence-corrected chi connectivity index (χ1v) is 9.11. The molecule has 1 fully saturated rings. The van der Waals surface area contributed by atoms with E-state index in [1.165, 1.54) is 42.8 Å². The smallest absolute Gasteiger partial charge is 0.113 e. The summed E-state index contributed by atoms with van der Waals surface area (Å²) >= 11 is 1.87. The van der Waals surface area contributed by atoms with E-state index in [2.05, 4.69) is 45.3 Å². The van der Waals surface area contributed by atoms with Crippen LogP contribution in [0.3, 0.4) is 0 Å². The Labute approximate surface area is 128 Å². The first-order chi connectivity index (χ1) is 9.49. The lowest BCUT2D eigenvalue weighted by Gasteiger charge is -2.44. The highest BCUT2D eigenvalue weighted by Crippen LogP contribution is 2.45. The second kappa shape index (κ2) is 6.57. The van der Waals surface area contributed by atoms with Crippen molar-refractivity contribution >= 4 is 11.3 Å². The molecule has 2 atom stereocenters. The zero-order valence-corrected chi connectivity index (χ0v) is 14.5. The predicted octanol–water partition coefficient (Wildman–Crippen LogP) is 5.06. The molecule has 0 bridgehead atoms. The lowest BCUT2D eigenvalue weighted by Crippen LogP contribution is -2.52. The van der Waals surface area contributed by atoms with Crippen LogP contribution in [0, 0.1) is 5.92 Å².